The molecule has 0 unspecified atom stereocenters. The molecule has 0 amide bonds. The summed E-state index contributed by atoms with van der Waals surface area (Å²) in [6.07, 6.45) is 7.20. The van der Waals surface area contributed by atoms with Crippen molar-refractivity contribution in [3.05, 3.63) is 98.5 Å². The van der Waals surface area contributed by atoms with Crippen molar-refractivity contribution in [1.82, 2.24) is 9.66 Å². The fraction of sp³-hybridized carbons (Fsp3) is 0.276. The lowest BCUT2D eigenvalue weighted by atomic mass is 9.88. The first kappa shape index (κ1) is 24.3. The van der Waals surface area contributed by atoms with Crippen LogP contribution in [0.4, 0.5) is 0 Å². The highest BCUT2D eigenvalue weighted by Gasteiger charge is 2.22. The SMILES string of the molecule is COc1cccc(C=Nn2c(C3CCCCC3)nc3ccccc3c2=O)c1OCc1ccc(Br)cc1. The molecular formula is C29H28BrN3O3. The number of methoxy groups -OCH3 is 1. The lowest BCUT2D eigenvalue weighted by Crippen LogP contribution is -2.25. The van der Waals surface area contributed by atoms with Gasteiger partial charge in [-0.05, 0) is 54.8 Å². The number of benzene rings is 3. The van der Waals surface area contributed by atoms with Crippen LogP contribution in [0.25, 0.3) is 10.9 Å². The number of nitrogens with zero attached hydrogens (tertiary/aromatic N) is 3. The second kappa shape index (κ2) is 11.1. The smallest absolute Gasteiger partial charge is 0.282 e. The highest BCUT2D eigenvalue weighted by Crippen LogP contribution is 2.33. The van der Waals surface area contributed by atoms with E-state index >= 15 is 0 Å². The molecule has 0 aliphatic heterocycles. The predicted octanol–water partition coefficient (Wildman–Crippen LogP) is 6.68. The maximum atomic E-state index is 13.5. The summed E-state index contributed by atoms with van der Waals surface area (Å²) in [4.78, 5) is 18.4. The van der Waals surface area contributed by atoms with Crippen LogP contribution in [0.15, 0.2) is 81.1 Å². The standard InChI is InChI=1S/C29H28BrN3O3/c1-35-26-13-7-10-22(27(26)36-19-20-14-16-23(30)17-15-20)18-31-33-28(21-8-3-2-4-9-21)32-25-12-6-5-11-24(25)29(33)34/h5-7,10-18,21H,2-4,8-9,19H2,1H3. The molecule has 184 valence electrons. The van der Waals surface area contributed by atoms with Gasteiger partial charge in [0.25, 0.3) is 5.56 Å². The molecule has 0 saturated heterocycles. The highest BCUT2D eigenvalue weighted by molar-refractivity contribution is 9.10. The van der Waals surface area contributed by atoms with Gasteiger partial charge < -0.3 is 9.47 Å². The van der Waals surface area contributed by atoms with Gasteiger partial charge in [0.15, 0.2) is 11.5 Å². The molecule has 0 N–H and O–H groups in total. The highest BCUT2D eigenvalue weighted by atomic mass is 79.9. The number of hydrogen-bond donors (Lipinski definition) is 0. The molecule has 6 nitrogen and oxygen atoms in total. The Morgan fingerprint density at radius 2 is 1.81 bits per heavy atom. The first-order valence-corrected chi connectivity index (χ1v) is 13.0. The van der Waals surface area contributed by atoms with E-state index in [0.29, 0.717) is 23.5 Å². The Hall–Kier alpha value is -3.45. The van der Waals surface area contributed by atoms with E-state index in [1.54, 1.807) is 19.4 Å². The second-order valence-corrected chi connectivity index (χ2v) is 9.89. The van der Waals surface area contributed by atoms with Gasteiger partial charge in [0.1, 0.15) is 12.4 Å². The van der Waals surface area contributed by atoms with Gasteiger partial charge in [-0.1, -0.05) is 65.5 Å². The molecule has 3 aromatic carbocycles. The van der Waals surface area contributed by atoms with Gasteiger partial charge in [0.2, 0.25) is 0 Å². The number of para-hydroxylation sites is 2. The van der Waals surface area contributed by atoms with Crippen LogP contribution in [0.3, 0.4) is 0 Å². The molecule has 0 spiro atoms. The number of rotatable bonds is 7. The Labute approximate surface area is 218 Å². The first-order valence-electron chi connectivity index (χ1n) is 12.2. The van der Waals surface area contributed by atoms with Crippen LogP contribution in [0, 0.1) is 0 Å². The largest absolute Gasteiger partial charge is 0.493 e. The third kappa shape index (κ3) is 5.21. The number of hydrogen-bond acceptors (Lipinski definition) is 5. The molecule has 1 aliphatic carbocycles. The molecule has 0 bridgehead atoms. The minimum atomic E-state index is -0.155. The van der Waals surface area contributed by atoms with Gasteiger partial charge in [-0.15, -0.1) is 0 Å². The summed E-state index contributed by atoms with van der Waals surface area (Å²) in [5, 5.41) is 5.24. The first-order chi connectivity index (χ1) is 17.6. The summed E-state index contributed by atoms with van der Waals surface area (Å²) in [6.45, 7) is 0.374. The van der Waals surface area contributed by atoms with Crippen molar-refractivity contribution < 1.29 is 9.47 Å². The van der Waals surface area contributed by atoms with Gasteiger partial charge in [-0.2, -0.15) is 9.78 Å². The van der Waals surface area contributed by atoms with Gasteiger partial charge >= 0.3 is 0 Å². The Morgan fingerprint density at radius 1 is 1.03 bits per heavy atom. The molecule has 1 aliphatic rings. The van der Waals surface area contributed by atoms with Crippen LogP contribution < -0.4 is 15.0 Å². The quantitative estimate of drug-likeness (QED) is 0.243. The number of halogens is 1. The van der Waals surface area contributed by atoms with E-state index < -0.39 is 0 Å². The Kier molecular flexibility index (Phi) is 7.47. The van der Waals surface area contributed by atoms with Gasteiger partial charge in [-0.3, -0.25) is 4.79 Å². The molecule has 0 radical (unpaired) electrons. The molecule has 1 aromatic heterocycles. The summed E-state index contributed by atoms with van der Waals surface area (Å²) in [5.41, 5.74) is 2.31. The van der Waals surface area contributed by atoms with Crippen molar-refractivity contribution in [3.8, 4) is 11.5 Å². The minimum absolute atomic E-state index is 0.155. The molecule has 7 heteroatoms. The van der Waals surface area contributed by atoms with E-state index in [9.17, 15) is 4.79 Å². The second-order valence-electron chi connectivity index (χ2n) is 8.98. The van der Waals surface area contributed by atoms with Crippen molar-refractivity contribution in [2.75, 3.05) is 7.11 Å². The molecular weight excluding hydrogens is 518 g/mol. The van der Waals surface area contributed by atoms with Gasteiger partial charge in [0.05, 0.1) is 24.2 Å². The van der Waals surface area contributed by atoms with Gasteiger partial charge in [0, 0.05) is 16.0 Å². The average Bonchev–Trinajstić information content (AvgIpc) is 2.92. The molecule has 0 atom stereocenters. The van der Waals surface area contributed by atoms with Crippen LogP contribution in [-0.4, -0.2) is 23.0 Å². The Morgan fingerprint density at radius 3 is 2.58 bits per heavy atom. The summed E-state index contributed by atoms with van der Waals surface area (Å²) < 4.78 is 14.3. The predicted molar refractivity (Wildman–Crippen MR) is 146 cm³/mol. The lowest BCUT2D eigenvalue weighted by molar-refractivity contribution is 0.284. The molecule has 1 fully saturated rings. The van der Waals surface area contributed by atoms with Crippen LogP contribution in [0.5, 0.6) is 11.5 Å². The lowest BCUT2D eigenvalue weighted by Gasteiger charge is -2.22. The van der Waals surface area contributed by atoms with E-state index in [-0.39, 0.29) is 11.5 Å². The van der Waals surface area contributed by atoms with E-state index in [2.05, 4.69) is 21.0 Å². The number of ether oxygens (including phenoxy) is 2. The topological polar surface area (TPSA) is 65.7 Å². The molecule has 1 heterocycles. The number of fused-ring (bicyclic) bond motifs is 1. The van der Waals surface area contributed by atoms with Crippen molar-refractivity contribution in [2.24, 2.45) is 5.10 Å². The summed E-state index contributed by atoms with van der Waals surface area (Å²) in [6, 6.07) is 21.1. The van der Waals surface area contributed by atoms with Crippen LogP contribution in [0.2, 0.25) is 0 Å². The molecule has 1 saturated carbocycles. The van der Waals surface area contributed by atoms with Crippen LogP contribution in [-0.2, 0) is 6.61 Å². The van der Waals surface area contributed by atoms with Gasteiger partial charge in [-0.25, -0.2) is 4.98 Å². The summed E-state index contributed by atoms with van der Waals surface area (Å²) in [5.74, 6) is 2.13. The van der Waals surface area contributed by atoms with Crippen molar-refractivity contribution in [1.29, 1.82) is 0 Å². The van der Waals surface area contributed by atoms with E-state index in [1.165, 1.54) is 11.1 Å². The van der Waals surface area contributed by atoms with Crippen LogP contribution >= 0.6 is 15.9 Å². The number of aromatic nitrogens is 2. The minimum Gasteiger partial charge on any atom is -0.493 e. The third-order valence-corrected chi connectivity index (χ3v) is 7.12. The Bertz CT molecular complexity index is 1440. The zero-order valence-electron chi connectivity index (χ0n) is 20.2. The van der Waals surface area contributed by atoms with E-state index in [4.69, 9.17) is 14.5 Å². The monoisotopic (exact) mass is 545 g/mol. The normalized spacial score (nSPS) is 14.4. The third-order valence-electron chi connectivity index (χ3n) is 6.59. The maximum Gasteiger partial charge on any atom is 0.282 e. The van der Waals surface area contributed by atoms with Crippen molar-refractivity contribution in [2.45, 2.75) is 44.6 Å². The maximum absolute atomic E-state index is 13.5. The van der Waals surface area contributed by atoms with Crippen LogP contribution in [0.1, 0.15) is 55.0 Å². The fourth-order valence-corrected chi connectivity index (χ4v) is 4.95. The zero-order chi connectivity index (χ0) is 24.9. The zero-order valence-corrected chi connectivity index (χ0v) is 21.8. The van der Waals surface area contributed by atoms with E-state index in [0.717, 1.165) is 52.6 Å². The summed E-state index contributed by atoms with van der Waals surface area (Å²) in [7, 11) is 1.61. The van der Waals surface area contributed by atoms with E-state index in [1.807, 2.05) is 60.7 Å². The molecule has 4 aromatic rings. The van der Waals surface area contributed by atoms with Crippen molar-refractivity contribution >= 4 is 33.0 Å². The Balaban J connectivity index is 1.53. The molecule has 36 heavy (non-hydrogen) atoms. The average molecular weight is 546 g/mol. The van der Waals surface area contributed by atoms with Crippen molar-refractivity contribution in [3.63, 3.8) is 0 Å². The summed E-state index contributed by atoms with van der Waals surface area (Å²) >= 11 is 3.46. The fourth-order valence-electron chi connectivity index (χ4n) is 4.68. The molecule has 5 rings (SSSR count).